The first-order chi connectivity index (χ1) is 18.5. The average molecular weight is 544 g/mol. The van der Waals surface area contributed by atoms with Crippen LogP contribution in [-0.4, -0.2) is 59.4 Å². The van der Waals surface area contributed by atoms with Crippen LogP contribution >= 0.6 is 0 Å². The number of carboxylic acid groups (broad SMARTS) is 1. The first kappa shape index (κ1) is 31.3. The molecule has 0 aliphatic rings. The zero-order chi connectivity index (χ0) is 28.8. The number of amides is 3. The number of unbranched alkanes of at least 4 members (excludes halogenated alkanes) is 1. The number of aliphatic carboxylic acids is 1. The Kier molecular flexibility index (Phi) is 12.4. The molecule has 2 aromatic carbocycles. The summed E-state index contributed by atoms with van der Waals surface area (Å²) in [5.41, 5.74) is 0.722. The van der Waals surface area contributed by atoms with E-state index in [9.17, 15) is 28.7 Å². The van der Waals surface area contributed by atoms with Gasteiger partial charge in [0.15, 0.2) is 0 Å². The van der Waals surface area contributed by atoms with Crippen LogP contribution < -0.4 is 16.0 Å². The van der Waals surface area contributed by atoms with E-state index in [1.165, 1.54) is 0 Å². The minimum atomic E-state index is -1.25. The van der Waals surface area contributed by atoms with Crippen LogP contribution in [0.2, 0.25) is 0 Å². The molecule has 3 atom stereocenters. The fourth-order valence-corrected chi connectivity index (χ4v) is 3.81. The van der Waals surface area contributed by atoms with E-state index in [4.69, 9.17) is 4.74 Å². The summed E-state index contributed by atoms with van der Waals surface area (Å²) in [6.45, 7) is 4.52. The third-order valence-corrected chi connectivity index (χ3v) is 5.70. The Labute approximate surface area is 228 Å². The molecule has 3 amide bonds. The number of ether oxygens (including phenoxy) is 1. The lowest BCUT2D eigenvalue weighted by Gasteiger charge is -2.26. The standard InChI is InChI=1S/C29H38FN3O6/c1-29(2,3)39-28(38)33-24(19-21-14-8-5-9-15-21)26(35)32-23(18-20-12-6-4-7-13-20)25(34)31-22(27(36)37)16-10-11-17-30/h4-9,12-15,22-24H,10-11,16-19H2,1-3H3,(H,31,34)(H,32,35)(H,33,38)(H,36,37). The van der Waals surface area contributed by atoms with E-state index >= 15 is 0 Å². The maximum atomic E-state index is 13.5. The van der Waals surface area contributed by atoms with Crippen molar-refractivity contribution in [2.24, 2.45) is 0 Å². The Bertz CT molecular complexity index is 1080. The van der Waals surface area contributed by atoms with Gasteiger partial charge in [0.25, 0.3) is 0 Å². The topological polar surface area (TPSA) is 134 Å². The van der Waals surface area contributed by atoms with Gasteiger partial charge >= 0.3 is 12.1 Å². The van der Waals surface area contributed by atoms with Gasteiger partial charge in [0.1, 0.15) is 23.7 Å². The van der Waals surface area contributed by atoms with Crippen LogP contribution in [0.15, 0.2) is 60.7 Å². The molecule has 2 rings (SSSR count). The maximum absolute atomic E-state index is 13.5. The molecule has 0 aliphatic heterocycles. The fourth-order valence-electron chi connectivity index (χ4n) is 3.81. The van der Waals surface area contributed by atoms with Gasteiger partial charge in [-0.15, -0.1) is 0 Å². The first-order valence-corrected chi connectivity index (χ1v) is 13.0. The molecule has 0 radical (unpaired) electrons. The van der Waals surface area contributed by atoms with Crippen molar-refractivity contribution in [3.63, 3.8) is 0 Å². The van der Waals surface area contributed by atoms with Crippen LogP contribution in [0.4, 0.5) is 9.18 Å². The van der Waals surface area contributed by atoms with Crippen LogP contribution in [0.5, 0.6) is 0 Å². The zero-order valence-electron chi connectivity index (χ0n) is 22.6. The molecule has 4 N–H and O–H groups in total. The molecule has 0 aliphatic carbocycles. The molecule has 10 heteroatoms. The van der Waals surface area contributed by atoms with E-state index in [1.807, 2.05) is 12.1 Å². The molecule has 0 aromatic heterocycles. The summed E-state index contributed by atoms with van der Waals surface area (Å²) < 4.78 is 17.8. The van der Waals surface area contributed by atoms with Crippen molar-refractivity contribution in [3.05, 3.63) is 71.8 Å². The molecule has 39 heavy (non-hydrogen) atoms. The van der Waals surface area contributed by atoms with Crippen LogP contribution in [0.1, 0.15) is 51.2 Å². The molecule has 0 spiro atoms. The largest absolute Gasteiger partial charge is 0.480 e. The molecule has 212 valence electrons. The number of alkyl halides is 1. The van der Waals surface area contributed by atoms with E-state index in [0.29, 0.717) is 0 Å². The molecule has 0 fully saturated rings. The molecule has 3 unspecified atom stereocenters. The summed E-state index contributed by atoms with van der Waals surface area (Å²) in [5.74, 6) is -2.58. The van der Waals surface area contributed by atoms with Crippen molar-refractivity contribution in [2.75, 3.05) is 6.67 Å². The highest BCUT2D eigenvalue weighted by Gasteiger charge is 2.30. The number of carboxylic acids is 1. The third kappa shape index (κ3) is 12.0. The Balaban J connectivity index is 2.26. The minimum absolute atomic E-state index is 0.0494. The molecule has 0 saturated carbocycles. The first-order valence-electron chi connectivity index (χ1n) is 13.0. The number of hydrogen-bond acceptors (Lipinski definition) is 5. The number of rotatable bonds is 14. The monoisotopic (exact) mass is 543 g/mol. The van der Waals surface area contributed by atoms with Gasteiger partial charge in [-0.1, -0.05) is 60.7 Å². The quantitative estimate of drug-likeness (QED) is 0.269. The van der Waals surface area contributed by atoms with Crippen LogP contribution in [-0.2, 0) is 32.0 Å². The maximum Gasteiger partial charge on any atom is 0.408 e. The van der Waals surface area contributed by atoms with E-state index in [0.717, 1.165) is 11.1 Å². The zero-order valence-corrected chi connectivity index (χ0v) is 22.6. The summed E-state index contributed by atoms with van der Waals surface area (Å²) in [4.78, 5) is 51.0. The van der Waals surface area contributed by atoms with Gasteiger partial charge in [0, 0.05) is 12.8 Å². The van der Waals surface area contributed by atoms with E-state index in [-0.39, 0.29) is 32.1 Å². The lowest BCUT2D eigenvalue weighted by molar-refractivity contribution is -0.142. The van der Waals surface area contributed by atoms with Gasteiger partial charge in [-0.3, -0.25) is 14.0 Å². The highest BCUT2D eigenvalue weighted by molar-refractivity contribution is 5.93. The van der Waals surface area contributed by atoms with E-state index < -0.39 is 54.3 Å². The van der Waals surface area contributed by atoms with E-state index in [2.05, 4.69) is 16.0 Å². The summed E-state index contributed by atoms with van der Waals surface area (Å²) >= 11 is 0. The van der Waals surface area contributed by atoms with E-state index in [1.54, 1.807) is 69.3 Å². The SMILES string of the molecule is CC(C)(C)OC(=O)NC(Cc1ccccc1)C(=O)NC(Cc1ccccc1)C(=O)NC(CCCCF)C(=O)O. The predicted molar refractivity (Wildman–Crippen MR) is 145 cm³/mol. The summed E-state index contributed by atoms with van der Waals surface area (Å²) in [5, 5.41) is 17.3. The molecular weight excluding hydrogens is 505 g/mol. The van der Waals surface area contributed by atoms with Gasteiger partial charge in [-0.05, 0) is 51.2 Å². The highest BCUT2D eigenvalue weighted by atomic mass is 19.1. The van der Waals surface area contributed by atoms with Crippen molar-refractivity contribution in [1.82, 2.24) is 16.0 Å². The number of nitrogens with one attached hydrogen (secondary N) is 3. The van der Waals surface area contributed by atoms with Gasteiger partial charge in [-0.25, -0.2) is 9.59 Å². The van der Waals surface area contributed by atoms with Gasteiger partial charge in [-0.2, -0.15) is 0 Å². The molecule has 0 bridgehead atoms. The molecular formula is C29H38FN3O6. The highest BCUT2D eigenvalue weighted by Crippen LogP contribution is 2.11. The smallest absolute Gasteiger partial charge is 0.408 e. The molecule has 0 heterocycles. The average Bonchev–Trinajstić information content (AvgIpc) is 2.87. The Hall–Kier alpha value is -3.95. The van der Waals surface area contributed by atoms with Gasteiger partial charge < -0.3 is 25.8 Å². The van der Waals surface area contributed by atoms with Crippen molar-refractivity contribution >= 4 is 23.9 Å². The number of hydrogen-bond donors (Lipinski definition) is 4. The summed E-state index contributed by atoms with van der Waals surface area (Å²) in [7, 11) is 0. The Morgan fingerprint density at radius 1 is 0.769 bits per heavy atom. The number of benzene rings is 2. The normalized spacial score (nSPS) is 13.4. The number of alkyl carbamates (subject to hydrolysis) is 1. The Morgan fingerprint density at radius 3 is 1.67 bits per heavy atom. The van der Waals surface area contributed by atoms with Gasteiger partial charge in [0.2, 0.25) is 11.8 Å². The van der Waals surface area contributed by atoms with Crippen molar-refractivity contribution < 1.29 is 33.4 Å². The van der Waals surface area contributed by atoms with Crippen LogP contribution in [0.3, 0.4) is 0 Å². The second-order valence-electron chi connectivity index (χ2n) is 10.2. The summed E-state index contributed by atoms with van der Waals surface area (Å²) in [6, 6.07) is 14.5. The fraction of sp³-hybridized carbons (Fsp3) is 0.448. The van der Waals surface area contributed by atoms with Crippen molar-refractivity contribution in [3.8, 4) is 0 Å². The second kappa shape index (κ2) is 15.5. The lowest BCUT2D eigenvalue weighted by Crippen LogP contribution is -2.57. The third-order valence-electron chi connectivity index (χ3n) is 5.70. The molecule has 2 aromatic rings. The Morgan fingerprint density at radius 2 is 1.23 bits per heavy atom. The predicted octanol–water partition coefficient (Wildman–Crippen LogP) is 3.56. The van der Waals surface area contributed by atoms with Crippen molar-refractivity contribution in [2.45, 2.75) is 76.6 Å². The molecule has 0 saturated heterocycles. The lowest BCUT2D eigenvalue weighted by atomic mass is 10.0. The second-order valence-corrected chi connectivity index (χ2v) is 10.2. The van der Waals surface area contributed by atoms with Crippen LogP contribution in [0, 0.1) is 0 Å². The summed E-state index contributed by atoms with van der Waals surface area (Å²) in [6.07, 6.45) is -0.0643. The number of carbonyl (C=O) groups is 4. The van der Waals surface area contributed by atoms with Crippen molar-refractivity contribution in [1.29, 1.82) is 0 Å². The minimum Gasteiger partial charge on any atom is -0.480 e. The number of halogens is 1. The van der Waals surface area contributed by atoms with Gasteiger partial charge in [0.05, 0.1) is 6.67 Å². The number of carbonyl (C=O) groups excluding carboxylic acids is 3. The molecule has 9 nitrogen and oxygen atoms in total. The van der Waals surface area contributed by atoms with Crippen LogP contribution in [0.25, 0.3) is 0 Å².